The molecule has 0 aromatic carbocycles. The highest BCUT2D eigenvalue weighted by molar-refractivity contribution is 7.14. The number of hydrogen-bond acceptors (Lipinski definition) is 5. The molecule has 1 unspecified atom stereocenters. The number of thiophene rings is 1. The summed E-state index contributed by atoms with van der Waals surface area (Å²) in [7, 11) is 0. The lowest BCUT2D eigenvalue weighted by Gasteiger charge is -2.40. The normalized spacial score (nSPS) is 30.3. The summed E-state index contributed by atoms with van der Waals surface area (Å²) in [6, 6.07) is 2.00. The minimum absolute atomic E-state index is 0.0135. The van der Waals surface area contributed by atoms with Gasteiger partial charge in [0, 0.05) is 23.4 Å². The van der Waals surface area contributed by atoms with Crippen LogP contribution in [-0.4, -0.2) is 48.4 Å². The second kappa shape index (κ2) is 10.7. The Morgan fingerprint density at radius 3 is 2.26 bits per heavy atom. The van der Waals surface area contributed by atoms with Crippen LogP contribution in [0.25, 0.3) is 0 Å². The first-order valence-corrected chi connectivity index (χ1v) is 13.9. The lowest BCUT2D eigenvalue weighted by Crippen LogP contribution is -2.47. The van der Waals surface area contributed by atoms with Gasteiger partial charge in [-0.3, -0.25) is 4.79 Å². The van der Waals surface area contributed by atoms with Gasteiger partial charge in [0.05, 0.1) is 24.5 Å². The van der Waals surface area contributed by atoms with E-state index in [0.29, 0.717) is 23.1 Å². The summed E-state index contributed by atoms with van der Waals surface area (Å²) in [5.74, 6) is -0.168. The van der Waals surface area contributed by atoms with E-state index in [-0.39, 0.29) is 35.5 Å². The first-order chi connectivity index (χ1) is 16.1. The third-order valence-corrected chi connectivity index (χ3v) is 9.33. The Kier molecular flexibility index (Phi) is 8.05. The maximum absolute atomic E-state index is 14.0. The molecule has 34 heavy (non-hydrogen) atoms. The minimum Gasteiger partial charge on any atom is -0.477 e. The van der Waals surface area contributed by atoms with Crippen LogP contribution in [0, 0.1) is 11.8 Å². The lowest BCUT2D eigenvalue weighted by molar-refractivity contribution is -0.124. The average Bonchev–Trinajstić information content (AvgIpc) is 3.46. The van der Waals surface area contributed by atoms with Gasteiger partial charge < -0.3 is 19.5 Å². The molecular weight excluding hydrogens is 450 g/mol. The van der Waals surface area contributed by atoms with Gasteiger partial charge in [-0.25, -0.2) is 4.79 Å². The van der Waals surface area contributed by atoms with Crippen molar-refractivity contribution in [2.75, 3.05) is 18.1 Å². The van der Waals surface area contributed by atoms with Crippen molar-refractivity contribution in [2.24, 2.45) is 11.8 Å². The van der Waals surface area contributed by atoms with Crippen LogP contribution in [0.1, 0.15) is 100 Å². The summed E-state index contributed by atoms with van der Waals surface area (Å²) in [6.45, 7) is 9.99. The molecule has 0 bridgehead atoms. The summed E-state index contributed by atoms with van der Waals surface area (Å²) in [5.41, 5.74) is 0.441. The minimum atomic E-state index is -0.941. The van der Waals surface area contributed by atoms with Crippen LogP contribution >= 0.6 is 11.3 Å². The van der Waals surface area contributed by atoms with Crippen molar-refractivity contribution in [3.05, 3.63) is 15.8 Å². The van der Waals surface area contributed by atoms with E-state index in [1.807, 2.05) is 11.0 Å². The molecule has 0 radical (unpaired) electrons. The molecule has 1 atom stereocenters. The van der Waals surface area contributed by atoms with Crippen LogP contribution in [-0.2, 0) is 19.7 Å². The first-order valence-electron chi connectivity index (χ1n) is 13.1. The van der Waals surface area contributed by atoms with Gasteiger partial charge in [0.15, 0.2) is 0 Å². The summed E-state index contributed by atoms with van der Waals surface area (Å²) < 4.78 is 11.7. The van der Waals surface area contributed by atoms with Crippen LogP contribution in [0.2, 0.25) is 0 Å². The van der Waals surface area contributed by atoms with Crippen LogP contribution in [0.5, 0.6) is 0 Å². The van der Waals surface area contributed by atoms with Gasteiger partial charge in [-0.1, -0.05) is 27.7 Å². The highest BCUT2D eigenvalue weighted by Crippen LogP contribution is 2.42. The molecular formula is C27H41NO5S. The number of aromatic carboxylic acids is 1. The number of carbonyl (C=O) groups excluding carboxylic acids is 1. The molecule has 1 aromatic heterocycles. The molecule has 0 spiro atoms. The van der Waals surface area contributed by atoms with E-state index < -0.39 is 5.97 Å². The summed E-state index contributed by atoms with van der Waals surface area (Å²) in [4.78, 5) is 29.5. The van der Waals surface area contributed by atoms with Crippen molar-refractivity contribution < 1.29 is 24.2 Å². The third-order valence-electron chi connectivity index (χ3n) is 7.79. The Labute approximate surface area is 208 Å². The fraction of sp³-hybridized carbons (Fsp3) is 0.778. The zero-order chi connectivity index (χ0) is 24.5. The number of hydrogen-bond donors (Lipinski definition) is 1. The monoisotopic (exact) mass is 491 g/mol. The number of rotatable bonds is 6. The lowest BCUT2D eigenvalue weighted by atomic mass is 9.81. The van der Waals surface area contributed by atoms with Gasteiger partial charge >= 0.3 is 5.97 Å². The van der Waals surface area contributed by atoms with E-state index in [2.05, 4.69) is 27.7 Å². The van der Waals surface area contributed by atoms with Crippen molar-refractivity contribution in [1.82, 2.24) is 0 Å². The van der Waals surface area contributed by atoms with E-state index in [0.717, 1.165) is 69.3 Å². The van der Waals surface area contributed by atoms with Crippen molar-refractivity contribution in [2.45, 2.75) is 109 Å². The fourth-order valence-electron chi connectivity index (χ4n) is 5.61. The van der Waals surface area contributed by atoms with E-state index in [9.17, 15) is 14.7 Å². The standard InChI is InChI=1S/C27H41NO5S/c1-17-5-7-18(8-6-17)25(29)28(22-15-23(27(2,3)4)34-24(22)26(30)31)19-9-11-20(12-10-19)33-21-13-14-32-16-21/h15,17-21H,5-14,16H2,1-4H3,(H,30,31)/t17-,18-,19-,20+,21?. The fourth-order valence-corrected chi connectivity index (χ4v) is 6.66. The maximum atomic E-state index is 14.0. The van der Waals surface area contributed by atoms with Crippen molar-refractivity contribution >= 4 is 28.9 Å². The number of carboxylic acid groups (broad SMARTS) is 1. The molecule has 3 fully saturated rings. The quantitative estimate of drug-likeness (QED) is 0.527. The van der Waals surface area contributed by atoms with Gasteiger partial charge in [-0.2, -0.15) is 0 Å². The topological polar surface area (TPSA) is 76.1 Å². The largest absolute Gasteiger partial charge is 0.477 e. The van der Waals surface area contributed by atoms with E-state index in [1.165, 1.54) is 11.3 Å². The number of amides is 1. The van der Waals surface area contributed by atoms with Crippen LogP contribution in [0.3, 0.4) is 0 Å². The third kappa shape index (κ3) is 5.85. The van der Waals surface area contributed by atoms with Crippen LogP contribution < -0.4 is 4.90 Å². The number of nitrogens with zero attached hydrogens (tertiary/aromatic N) is 1. The van der Waals surface area contributed by atoms with Crippen LogP contribution in [0.15, 0.2) is 6.07 Å². The molecule has 6 nitrogen and oxygen atoms in total. The van der Waals surface area contributed by atoms with Gasteiger partial charge in [0.2, 0.25) is 5.91 Å². The molecule has 2 heterocycles. The zero-order valence-electron chi connectivity index (χ0n) is 21.2. The average molecular weight is 492 g/mol. The molecule has 1 saturated heterocycles. The molecule has 7 heteroatoms. The predicted molar refractivity (Wildman–Crippen MR) is 135 cm³/mol. The Balaban J connectivity index is 1.58. The smallest absolute Gasteiger partial charge is 0.348 e. The Hall–Kier alpha value is -1.44. The van der Waals surface area contributed by atoms with Crippen molar-refractivity contribution in [3.8, 4) is 0 Å². The summed E-state index contributed by atoms with van der Waals surface area (Å²) in [6.07, 6.45) is 8.74. The number of carbonyl (C=O) groups is 2. The van der Waals surface area contributed by atoms with E-state index in [4.69, 9.17) is 9.47 Å². The number of anilines is 1. The molecule has 3 aliphatic rings. The molecule has 2 saturated carbocycles. The highest BCUT2D eigenvalue weighted by Gasteiger charge is 2.38. The molecule has 1 aliphatic heterocycles. The SMILES string of the molecule is CC(C)(C)c1cc(N(C(=O)[C@H]2CC[C@H](C)CC2)[C@H]2CC[C@@H](OC3CCOC3)CC2)c(C(=O)O)s1. The Morgan fingerprint density at radius 2 is 1.71 bits per heavy atom. The molecule has 4 rings (SSSR count). The van der Waals surface area contributed by atoms with E-state index >= 15 is 0 Å². The maximum Gasteiger partial charge on any atom is 0.348 e. The zero-order valence-corrected chi connectivity index (χ0v) is 22.0. The number of carboxylic acids is 1. The Morgan fingerprint density at radius 1 is 1.03 bits per heavy atom. The van der Waals surface area contributed by atoms with Crippen LogP contribution in [0.4, 0.5) is 5.69 Å². The molecule has 1 amide bonds. The van der Waals surface area contributed by atoms with Gasteiger partial charge in [-0.15, -0.1) is 11.3 Å². The highest BCUT2D eigenvalue weighted by atomic mass is 32.1. The summed E-state index contributed by atoms with van der Waals surface area (Å²) in [5, 5.41) is 10.1. The Bertz CT molecular complexity index is 853. The molecule has 1 aromatic rings. The van der Waals surface area contributed by atoms with Gasteiger partial charge in [0.1, 0.15) is 4.88 Å². The van der Waals surface area contributed by atoms with E-state index in [1.54, 1.807) is 0 Å². The molecule has 190 valence electrons. The second-order valence-corrected chi connectivity index (χ2v) is 12.6. The predicted octanol–water partition coefficient (Wildman–Crippen LogP) is 6.02. The second-order valence-electron chi connectivity index (χ2n) is 11.6. The van der Waals surface area contributed by atoms with Crippen molar-refractivity contribution in [3.63, 3.8) is 0 Å². The van der Waals surface area contributed by atoms with Gasteiger partial charge in [-0.05, 0) is 75.2 Å². The molecule has 2 aliphatic carbocycles. The van der Waals surface area contributed by atoms with Gasteiger partial charge in [0.25, 0.3) is 0 Å². The summed E-state index contributed by atoms with van der Waals surface area (Å²) >= 11 is 1.32. The number of ether oxygens (including phenoxy) is 2. The molecule has 1 N–H and O–H groups in total. The first kappa shape index (κ1) is 25.6. The van der Waals surface area contributed by atoms with Crippen molar-refractivity contribution in [1.29, 1.82) is 0 Å².